The highest BCUT2D eigenvalue weighted by Gasteiger charge is 2.12. The van der Waals surface area contributed by atoms with Crippen LogP contribution in [0, 0.1) is 13.8 Å². The summed E-state index contributed by atoms with van der Waals surface area (Å²) in [5, 5.41) is 3.26. The van der Waals surface area contributed by atoms with Crippen LogP contribution in [-0.2, 0) is 0 Å². The lowest BCUT2D eigenvalue weighted by Crippen LogP contribution is -2.14. The summed E-state index contributed by atoms with van der Waals surface area (Å²) in [6.45, 7) is 3.69. The molecular formula is C14H14ClN3O. The summed E-state index contributed by atoms with van der Waals surface area (Å²) in [6, 6.07) is 7.04. The number of carbonyl (C=O) groups excluding carboxylic acids is 1. The number of halogens is 1. The SMILES string of the molecule is Cc1ccc(NC(=O)c2cc(N)cnc2C)c(Cl)c1. The van der Waals surface area contributed by atoms with Gasteiger partial charge >= 0.3 is 0 Å². The molecule has 3 N–H and O–H groups in total. The number of rotatable bonds is 2. The number of aromatic nitrogens is 1. The number of nitrogens with zero attached hydrogens (tertiary/aromatic N) is 1. The quantitative estimate of drug-likeness (QED) is 0.884. The van der Waals surface area contributed by atoms with Crippen LogP contribution >= 0.6 is 11.6 Å². The maximum atomic E-state index is 12.2. The standard InChI is InChI=1S/C14H14ClN3O/c1-8-3-4-13(12(15)5-8)18-14(19)11-6-10(16)7-17-9(11)2/h3-7H,16H2,1-2H3,(H,18,19). The van der Waals surface area contributed by atoms with Gasteiger partial charge in [-0.3, -0.25) is 9.78 Å². The Morgan fingerprint density at radius 3 is 2.74 bits per heavy atom. The number of nitrogen functional groups attached to an aromatic ring is 1. The molecule has 0 unspecified atom stereocenters. The van der Waals surface area contributed by atoms with Crippen LogP contribution in [0.25, 0.3) is 0 Å². The van der Waals surface area contributed by atoms with Gasteiger partial charge in [0.25, 0.3) is 5.91 Å². The van der Waals surface area contributed by atoms with E-state index < -0.39 is 0 Å². The van der Waals surface area contributed by atoms with Crippen molar-refractivity contribution in [2.24, 2.45) is 0 Å². The first kappa shape index (κ1) is 13.4. The normalized spacial score (nSPS) is 10.3. The van der Waals surface area contributed by atoms with Gasteiger partial charge in [-0.05, 0) is 37.6 Å². The zero-order valence-corrected chi connectivity index (χ0v) is 11.5. The maximum absolute atomic E-state index is 12.2. The van der Waals surface area contributed by atoms with Crippen molar-refractivity contribution in [2.75, 3.05) is 11.1 Å². The minimum atomic E-state index is -0.275. The minimum absolute atomic E-state index is 0.275. The van der Waals surface area contributed by atoms with E-state index in [4.69, 9.17) is 17.3 Å². The summed E-state index contributed by atoms with van der Waals surface area (Å²) in [4.78, 5) is 16.2. The number of anilines is 2. The average molecular weight is 276 g/mol. The lowest BCUT2D eigenvalue weighted by molar-refractivity contribution is 0.102. The number of amides is 1. The van der Waals surface area contributed by atoms with Gasteiger partial charge in [-0.25, -0.2) is 0 Å². The van der Waals surface area contributed by atoms with E-state index in [9.17, 15) is 4.79 Å². The zero-order valence-electron chi connectivity index (χ0n) is 10.7. The smallest absolute Gasteiger partial charge is 0.257 e. The number of hydrogen-bond donors (Lipinski definition) is 2. The molecule has 1 amide bonds. The largest absolute Gasteiger partial charge is 0.397 e. The van der Waals surface area contributed by atoms with Crippen molar-refractivity contribution < 1.29 is 4.79 Å². The van der Waals surface area contributed by atoms with Crippen LogP contribution in [0.5, 0.6) is 0 Å². The Balaban J connectivity index is 2.28. The minimum Gasteiger partial charge on any atom is -0.397 e. The summed E-state index contributed by atoms with van der Waals surface area (Å²) in [6.07, 6.45) is 1.52. The van der Waals surface area contributed by atoms with Crippen molar-refractivity contribution in [3.05, 3.63) is 52.3 Å². The highest BCUT2D eigenvalue weighted by Crippen LogP contribution is 2.23. The second-order valence-electron chi connectivity index (χ2n) is 4.34. The molecular weight excluding hydrogens is 262 g/mol. The molecule has 0 aliphatic heterocycles. The predicted molar refractivity (Wildman–Crippen MR) is 77.5 cm³/mol. The summed E-state index contributed by atoms with van der Waals surface area (Å²) in [5.41, 5.74) is 8.75. The third-order valence-corrected chi connectivity index (χ3v) is 3.04. The second-order valence-corrected chi connectivity index (χ2v) is 4.75. The number of benzene rings is 1. The highest BCUT2D eigenvalue weighted by molar-refractivity contribution is 6.34. The fourth-order valence-electron chi connectivity index (χ4n) is 1.69. The van der Waals surface area contributed by atoms with Gasteiger partial charge < -0.3 is 11.1 Å². The van der Waals surface area contributed by atoms with E-state index in [-0.39, 0.29) is 5.91 Å². The monoisotopic (exact) mass is 275 g/mol. The van der Waals surface area contributed by atoms with Crippen LogP contribution < -0.4 is 11.1 Å². The van der Waals surface area contributed by atoms with Gasteiger partial charge in [0, 0.05) is 0 Å². The molecule has 0 bridgehead atoms. The number of nitrogens with one attached hydrogen (secondary N) is 1. The first-order valence-electron chi connectivity index (χ1n) is 5.77. The number of hydrogen-bond acceptors (Lipinski definition) is 3. The van der Waals surface area contributed by atoms with Gasteiger partial charge in [0.2, 0.25) is 0 Å². The molecule has 1 aromatic carbocycles. The van der Waals surface area contributed by atoms with Crippen LogP contribution in [0.4, 0.5) is 11.4 Å². The Labute approximate surface area is 116 Å². The molecule has 0 spiro atoms. The van der Waals surface area contributed by atoms with Gasteiger partial charge in [-0.15, -0.1) is 0 Å². The van der Waals surface area contributed by atoms with E-state index in [1.807, 2.05) is 13.0 Å². The molecule has 2 rings (SSSR count). The van der Waals surface area contributed by atoms with E-state index in [0.717, 1.165) is 5.56 Å². The Morgan fingerprint density at radius 2 is 2.05 bits per heavy atom. The van der Waals surface area contributed by atoms with Crippen LogP contribution in [0.15, 0.2) is 30.5 Å². The zero-order chi connectivity index (χ0) is 14.0. The summed E-state index contributed by atoms with van der Waals surface area (Å²) in [5.74, 6) is -0.275. The van der Waals surface area contributed by atoms with E-state index in [1.54, 1.807) is 25.1 Å². The maximum Gasteiger partial charge on any atom is 0.257 e. The third kappa shape index (κ3) is 3.03. The summed E-state index contributed by atoms with van der Waals surface area (Å²) < 4.78 is 0. The molecule has 0 atom stereocenters. The van der Waals surface area contributed by atoms with Crippen molar-refractivity contribution in [1.82, 2.24) is 4.98 Å². The lowest BCUT2D eigenvalue weighted by Gasteiger charge is -2.09. The lowest BCUT2D eigenvalue weighted by atomic mass is 10.1. The molecule has 0 radical (unpaired) electrons. The first-order valence-corrected chi connectivity index (χ1v) is 6.15. The van der Waals surface area contributed by atoms with Gasteiger partial charge in [0.15, 0.2) is 0 Å². The summed E-state index contributed by atoms with van der Waals surface area (Å²) >= 11 is 6.08. The van der Waals surface area contributed by atoms with E-state index in [2.05, 4.69) is 10.3 Å². The molecule has 0 fully saturated rings. The molecule has 0 aliphatic rings. The fourth-order valence-corrected chi connectivity index (χ4v) is 1.97. The Hall–Kier alpha value is -2.07. The number of carbonyl (C=O) groups is 1. The molecule has 2 aromatic rings. The fraction of sp³-hybridized carbons (Fsp3) is 0.143. The molecule has 1 heterocycles. The van der Waals surface area contributed by atoms with Crippen LogP contribution in [0.2, 0.25) is 5.02 Å². The summed E-state index contributed by atoms with van der Waals surface area (Å²) in [7, 11) is 0. The van der Waals surface area contributed by atoms with E-state index in [1.165, 1.54) is 6.20 Å². The van der Waals surface area contributed by atoms with E-state index >= 15 is 0 Å². The van der Waals surface area contributed by atoms with Crippen LogP contribution in [-0.4, -0.2) is 10.9 Å². The van der Waals surface area contributed by atoms with Crippen molar-refractivity contribution in [2.45, 2.75) is 13.8 Å². The second kappa shape index (κ2) is 5.28. The Bertz CT molecular complexity index is 641. The van der Waals surface area contributed by atoms with Gasteiger partial charge in [0.05, 0.1) is 33.9 Å². The van der Waals surface area contributed by atoms with Crippen molar-refractivity contribution in [3.8, 4) is 0 Å². The van der Waals surface area contributed by atoms with Crippen molar-refractivity contribution in [1.29, 1.82) is 0 Å². The van der Waals surface area contributed by atoms with Crippen molar-refractivity contribution in [3.63, 3.8) is 0 Å². The third-order valence-electron chi connectivity index (χ3n) is 2.73. The van der Waals surface area contributed by atoms with Crippen molar-refractivity contribution >= 4 is 28.9 Å². The first-order chi connectivity index (χ1) is 8.97. The number of nitrogens with two attached hydrogens (primary N) is 1. The van der Waals surface area contributed by atoms with Gasteiger partial charge in [-0.1, -0.05) is 17.7 Å². The molecule has 0 aliphatic carbocycles. The van der Waals surface area contributed by atoms with Gasteiger partial charge in [-0.2, -0.15) is 0 Å². The van der Waals surface area contributed by atoms with Crippen LogP contribution in [0.3, 0.4) is 0 Å². The molecule has 98 valence electrons. The predicted octanol–water partition coefficient (Wildman–Crippen LogP) is 3.19. The number of pyridine rings is 1. The molecule has 0 saturated carbocycles. The average Bonchev–Trinajstić information content (AvgIpc) is 2.35. The Morgan fingerprint density at radius 1 is 1.32 bits per heavy atom. The molecule has 4 nitrogen and oxygen atoms in total. The van der Waals surface area contributed by atoms with Crippen LogP contribution in [0.1, 0.15) is 21.6 Å². The highest BCUT2D eigenvalue weighted by atomic mass is 35.5. The topological polar surface area (TPSA) is 68.0 Å². The molecule has 5 heteroatoms. The Kier molecular flexibility index (Phi) is 3.71. The molecule has 1 aromatic heterocycles. The van der Waals surface area contributed by atoms with Gasteiger partial charge in [0.1, 0.15) is 0 Å². The molecule has 19 heavy (non-hydrogen) atoms. The molecule has 0 saturated heterocycles. The van der Waals surface area contributed by atoms with E-state index in [0.29, 0.717) is 27.7 Å². The number of aryl methyl sites for hydroxylation is 2.